The van der Waals surface area contributed by atoms with Crippen LogP contribution >= 0.6 is 23.2 Å². The molecule has 2 N–H and O–H groups in total. The number of aromatic nitrogens is 2. The summed E-state index contributed by atoms with van der Waals surface area (Å²) in [5.74, 6) is -0.211. The number of H-pyrrole nitrogens is 1. The summed E-state index contributed by atoms with van der Waals surface area (Å²) >= 11 is 11.9. The van der Waals surface area contributed by atoms with Crippen LogP contribution in [0.25, 0.3) is 6.08 Å². The first kappa shape index (κ1) is 13.6. The molecule has 19 heavy (non-hydrogen) atoms. The van der Waals surface area contributed by atoms with E-state index in [1.807, 2.05) is 0 Å². The fraction of sp³-hybridized carbons (Fsp3) is 0.0769. The molecule has 2 rings (SSSR count). The first-order chi connectivity index (χ1) is 9.16. The van der Waals surface area contributed by atoms with Crippen LogP contribution in [-0.2, 0) is 11.3 Å². The van der Waals surface area contributed by atoms with E-state index in [1.165, 1.54) is 6.08 Å². The third-order valence-electron chi connectivity index (χ3n) is 2.42. The Morgan fingerprint density at radius 1 is 1.42 bits per heavy atom. The van der Waals surface area contributed by atoms with Crippen LogP contribution in [0.4, 0.5) is 0 Å². The Hall–Kier alpha value is -1.78. The van der Waals surface area contributed by atoms with Crippen LogP contribution in [0.5, 0.6) is 0 Å². The molecule has 0 unspecified atom stereocenters. The van der Waals surface area contributed by atoms with Crippen molar-refractivity contribution in [1.29, 1.82) is 0 Å². The quantitative estimate of drug-likeness (QED) is 0.852. The van der Waals surface area contributed by atoms with Gasteiger partial charge >= 0.3 is 0 Å². The lowest BCUT2D eigenvalue weighted by molar-refractivity contribution is -0.116. The zero-order valence-corrected chi connectivity index (χ0v) is 11.4. The van der Waals surface area contributed by atoms with Crippen molar-refractivity contribution in [2.24, 2.45) is 0 Å². The van der Waals surface area contributed by atoms with Crippen molar-refractivity contribution in [2.75, 3.05) is 0 Å². The van der Waals surface area contributed by atoms with Crippen LogP contribution < -0.4 is 5.32 Å². The molecule has 98 valence electrons. The zero-order valence-electron chi connectivity index (χ0n) is 9.86. The summed E-state index contributed by atoms with van der Waals surface area (Å²) in [4.78, 5) is 11.6. The monoisotopic (exact) mass is 295 g/mol. The summed E-state index contributed by atoms with van der Waals surface area (Å²) in [6.07, 6.45) is 6.41. The third kappa shape index (κ3) is 3.84. The van der Waals surface area contributed by atoms with E-state index in [1.54, 1.807) is 36.7 Å². The van der Waals surface area contributed by atoms with E-state index < -0.39 is 0 Å². The van der Waals surface area contributed by atoms with Gasteiger partial charge < -0.3 is 5.32 Å². The number of amides is 1. The standard InChI is InChI=1S/C13H11Cl2N3O/c14-11-3-1-2-10(13(11)15)4-5-12(19)16-6-9-7-17-18-8-9/h1-5,7-8H,6H2,(H,16,19)(H,17,18)/b5-4+. The largest absolute Gasteiger partial charge is 0.348 e. The van der Waals surface area contributed by atoms with Crippen LogP contribution in [0, 0.1) is 0 Å². The number of hydrogen-bond acceptors (Lipinski definition) is 2. The summed E-state index contributed by atoms with van der Waals surface area (Å²) in [5.41, 5.74) is 1.61. The summed E-state index contributed by atoms with van der Waals surface area (Å²) in [6.45, 7) is 0.420. The normalized spacial score (nSPS) is 10.8. The Morgan fingerprint density at radius 2 is 2.26 bits per heavy atom. The maximum absolute atomic E-state index is 11.6. The molecule has 0 aliphatic carbocycles. The van der Waals surface area contributed by atoms with Crippen molar-refractivity contribution >= 4 is 35.2 Å². The Bertz CT molecular complexity index is 594. The van der Waals surface area contributed by atoms with Gasteiger partial charge in [-0.05, 0) is 17.7 Å². The molecule has 0 saturated heterocycles. The highest BCUT2D eigenvalue weighted by molar-refractivity contribution is 6.42. The maximum atomic E-state index is 11.6. The second kappa shape index (κ2) is 6.41. The van der Waals surface area contributed by atoms with E-state index >= 15 is 0 Å². The molecule has 0 atom stereocenters. The number of aromatic amines is 1. The van der Waals surface area contributed by atoms with Crippen LogP contribution in [0.1, 0.15) is 11.1 Å². The van der Waals surface area contributed by atoms with Crippen molar-refractivity contribution < 1.29 is 4.79 Å². The number of nitrogens with one attached hydrogen (secondary N) is 2. The van der Waals surface area contributed by atoms with Crippen LogP contribution in [-0.4, -0.2) is 16.1 Å². The van der Waals surface area contributed by atoms with Crippen LogP contribution in [0.15, 0.2) is 36.7 Å². The predicted molar refractivity (Wildman–Crippen MR) is 75.9 cm³/mol. The third-order valence-corrected chi connectivity index (χ3v) is 3.25. The summed E-state index contributed by atoms with van der Waals surface area (Å²) in [6, 6.07) is 5.26. The number of nitrogens with zero attached hydrogens (tertiary/aromatic N) is 1. The molecule has 6 heteroatoms. The summed E-state index contributed by atoms with van der Waals surface area (Å²) in [5, 5.41) is 10.1. The molecule has 0 fully saturated rings. The molecule has 0 aliphatic rings. The number of rotatable bonds is 4. The Kier molecular flexibility index (Phi) is 4.60. The van der Waals surface area contributed by atoms with Crippen molar-refractivity contribution in [3.63, 3.8) is 0 Å². The van der Waals surface area contributed by atoms with Gasteiger partial charge in [-0.3, -0.25) is 9.89 Å². The summed E-state index contributed by atoms with van der Waals surface area (Å²) < 4.78 is 0. The van der Waals surface area contributed by atoms with E-state index in [9.17, 15) is 4.79 Å². The van der Waals surface area contributed by atoms with Crippen molar-refractivity contribution in [1.82, 2.24) is 15.5 Å². The minimum atomic E-state index is -0.211. The van der Waals surface area contributed by atoms with Gasteiger partial charge in [0.1, 0.15) is 0 Å². The molecule has 1 amide bonds. The second-order valence-corrected chi connectivity index (χ2v) is 4.59. The van der Waals surface area contributed by atoms with Gasteiger partial charge in [0.2, 0.25) is 5.91 Å². The zero-order chi connectivity index (χ0) is 13.7. The van der Waals surface area contributed by atoms with E-state index in [2.05, 4.69) is 15.5 Å². The first-order valence-electron chi connectivity index (χ1n) is 5.54. The van der Waals surface area contributed by atoms with Gasteiger partial charge in [-0.15, -0.1) is 0 Å². The number of carbonyl (C=O) groups excluding carboxylic acids is 1. The molecular formula is C13H11Cl2N3O. The van der Waals surface area contributed by atoms with Gasteiger partial charge in [0.25, 0.3) is 0 Å². The fourth-order valence-electron chi connectivity index (χ4n) is 1.44. The van der Waals surface area contributed by atoms with Gasteiger partial charge in [-0.25, -0.2) is 0 Å². The number of hydrogen-bond donors (Lipinski definition) is 2. The molecule has 1 aromatic carbocycles. The topological polar surface area (TPSA) is 57.8 Å². The lowest BCUT2D eigenvalue weighted by Gasteiger charge is -2.01. The smallest absolute Gasteiger partial charge is 0.244 e. The minimum Gasteiger partial charge on any atom is -0.348 e. The molecular weight excluding hydrogens is 285 g/mol. The maximum Gasteiger partial charge on any atom is 0.244 e. The van der Waals surface area contributed by atoms with E-state index in [-0.39, 0.29) is 5.91 Å². The van der Waals surface area contributed by atoms with Crippen LogP contribution in [0.2, 0.25) is 10.0 Å². The molecule has 1 heterocycles. The Labute approximate surface area is 120 Å². The number of carbonyl (C=O) groups is 1. The average Bonchev–Trinajstić information content (AvgIpc) is 2.91. The van der Waals surface area contributed by atoms with Gasteiger partial charge in [0.15, 0.2) is 0 Å². The van der Waals surface area contributed by atoms with Crippen molar-refractivity contribution in [2.45, 2.75) is 6.54 Å². The highest BCUT2D eigenvalue weighted by Gasteiger charge is 2.02. The highest BCUT2D eigenvalue weighted by atomic mass is 35.5. The minimum absolute atomic E-state index is 0.211. The van der Waals surface area contributed by atoms with Gasteiger partial charge in [0, 0.05) is 24.4 Å². The lowest BCUT2D eigenvalue weighted by Crippen LogP contribution is -2.19. The van der Waals surface area contributed by atoms with Gasteiger partial charge in [0.05, 0.1) is 16.2 Å². The number of benzene rings is 1. The average molecular weight is 296 g/mol. The van der Waals surface area contributed by atoms with Crippen LogP contribution in [0.3, 0.4) is 0 Å². The fourth-order valence-corrected chi connectivity index (χ4v) is 1.81. The van der Waals surface area contributed by atoms with Crippen molar-refractivity contribution in [3.05, 3.63) is 57.8 Å². The molecule has 0 aliphatic heterocycles. The summed E-state index contributed by atoms with van der Waals surface area (Å²) in [7, 11) is 0. The molecule has 0 radical (unpaired) electrons. The molecule has 4 nitrogen and oxygen atoms in total. The van der Waals surface area contributed by atoms with E-state index in [0.29, 0.717) is 22.2 Å². The Morgan fingerprint density at radius 3 is 3.00 bits per heavy atom. The first-order valence-corrected chi connectivity index (χ1v) is 6.30. The van der Waals surface area contributed by atoms with E-state index in [0.717, 1.165) is 5.56 Å². The second-order valence-electron chi connectivity index (χ2n) is 3.80. The molecule has 2 aromatic rings. The molecule has 1 aromatic heterocycles. The highest BCUT2D eigenvalue weighted by Crippen LogP contribution is 2.26. The van der Waals surface area contributed by atoms with Crippen molar-refractivity contribution in [3.8, 4) is 0 Å². The molecule has 0 bridgehead atoms. The molecule has 0 saturated carbocycles. The molecule has 0 spiro atoms. The number of halogens is 2. The lowest BCUT2D eigenvalue weighted by atomic mass is 10.2. The predicted octanol–water partition coefficient (Wildman–Crippen LogP) is 3.05. The van der Waals surface area contributed by atoms with Gasteiger partial charge in [-0.1, -0.05) is 35.3 Å². The SMILES string of the molecule is O=C(/C=C/c1cccc(Cl)c1Cl)NCc1cn[nH]c1. The van der Waals surface area contributed by atoms with E-state index in [4.69, 9.17) is 23.2 Å². The Balaban J connectivity index is 1.94. The van der Waals surface area contributed by atoms with Gasteiger partial charge in [-0.2, -0.15) is 5.10 Å².